The molecule has 0 radical (unpaired) electrons. The van der Waals surface area contributed by atoms with Crippen LogP contribution in [0.5, 0.6) is 0 Å². The van der Waals surface area contributed by atoms with E-state index in [-0.39, 0.29) is 0 Å². The van der Waals surface area contributed by atoms with Gasteiger partial charge in [0.25, 0.3) is 0 Å². The zero-order valence-electron chi connectivity index (χ0n) is 8.35. The molecule has 0 atom stereocenters. The Labute approximate surface area is 78.0 Å². The molecule has 0 saturated carbocycles. The lowest BCUT2D eigenvalue weighted by molar-refractivity contribution is 0.607. The third kappa shape index (κ3) is 2.83. The molecule has 0 N–H and O–H groups in total. The van der Waals surface area contributed by atoms with Crippen molar-refractivity contribution in [2.24, 2.45) is 0 Å². The maximum absolute atomic E-state index is 12.7. The molecule has 0 bridgehead atoms. The van der Waals surface area contributed by atoms with Crippen molar-refractivity contribution < 1.29 is 4.39 Å². The number of pyridine rings is 1. The van der Waals surface area contributed by atoms with E-state index < -0.39 is 5.82 Å². The third-order valence-electron chi connectivity index (χ3n) is 1.46. The summed E-state index contributed by atoms with van der Waals surface area (Å²) >= 11 is 0. The summed E-state index contributed by atoms with van der Waals surface area (Å²) in [5, 5.41) is 8.48. The Kier molecular flexibility index (Phi) is 4.68. The van der Waals surface area contributed by atoms with Crippen LogP contribution in [-0.2, 0) is 0 Å². The molecule has 2 nitrogen and oxygen atoms in total. The SMILES string of the molecule is CC.Cc1nc(C)c(C#N)cc1F. The van der Waals surface area contributed by atoms with Gasteiger partial charge in [-0.25, -0.2) is 4.39 Å². The number of aryl methyl sites for hydroxylation is 2. The van der Waals surface area contributed by atoms with Crippen molar-refractivity contribution in [2.75, 3.05) is 0 Å². The number of aromatic nitrogens is 1. The normalized spacial score (nSPS) is 8.31. The lowest BCUT2D eigenvalue weighted by Gasteiger charge is -1.98. The molecular formula is C10H13FN2. The predicted octanol–water partition coefficient (Wildman–Crippen LogP) is 2.74. The van der Waals surface area contributed by atoms with Gasteiger partial charge in [0.05, 0.1) is 17.0 Å². The number of hydrogen-bond acceptors (Lipinski definition) is 2. The monoisotopic (exact) mass is 180 g/mol. The summed E-state index contributed by atoms with van der Waals surface area (Å²) in [7, 11) is 0. The molecule has 0 aliphatic carbocycles. The van der Waals surface area contributed by atoms with Crippen LogP contribution in [0.25, 0.3) is 0 Å². The fourth-order valence-electron chi connectivity index (χ4n) is 0.814. The predicted molar refractivity (Wildman–Crippen MR) is 49.7 cm³/mol. The zero-order valence-corrected chi connectivity index (χ0v) is 8.35. The van der Waals surface area contributed by atoms with Crippen molar-refractivity contribution in [1.29, 1.82) is 5.26 Å². The maximum Gasteiger partial charge on any atom is 0.145 e. The fraction of sp³-hybridized carbons (Fsp3) is 0.400. The van der Waals surface area contributed by atoms with Gasteiger partial charge in [-0.05, 0) is 19.9 Å². The minimum absolute atomic E-state index is 0.299. The van der Waals surface area contributed by atoms with E-state index in [0.717, 1.165) is 0 Å². The maximum atomic E-state index is 12.7. The van der Waals surface area contributed by atoms with Crippen LogP contribution >= 0.6 is 0 Å². The number of halogens is 1. The highest BCUT2D eigenvalue weighted by molar-refractivity contribution is 5.33. The molecule has 0 fully saturated rings. The van der Waals surface area contributed by atoms with Gasteiger partial charge in [0, 0.05) is 0 Å². The van der Waals surface area contributed by atoms with E-state index in [1.807, 2.05) is 19.9 Å². The van der Waals surface area contributed by atoms with Gasteiger partial charge >= 0.3 is 0 Å². The molecule has 0 aliphatic heterocycles. The molecular weight excluding hydrogens is 167 g/mol. The molecule has 13 heavy (non-hydrogen) atoms. The van der Waals surface area contributed by atoms with Gasteiger partial charge in [-0.1, -0.05) is 13.8 Å². The van der Waals surface area contributed by atoms with E-state index in [4.69, 9.17) is 5.26 Å². The van der Waals surface area contributed by atoms with Gasteiger partial charge in [-0.15, -0.1) is 0 Å². The van der Waals surface area contributed by atoms with E-state index in [1.165, 1.54) is 6.07 Å². The van der Waals surface area contributed by atoms with Crippen molar-refractivity contribution in [3.8, 4) is 6.07 Å². The highest BCUT2D eigenvalue weighted by atomic mass is 19.1. The summed E-state index contributed by atoms with van der Waals surface area (Å²) < 4.78 is 12.7. The number of hydrogen-bond donors (Lipinski definition) is 0. The van der Waals surface area contributed by atoms with Gasteiger partial charge in [-0.3, -0.25) is 4.98 Å². The van der Waals surface area contributed by atoms with Gasteiger partial charge in [0.2, 0.25) is 0 Å². The second kappa shape index (κ2) is 5.26. The largest absolute Gasteiger partial charge is 0.254 e. The Morgan fingerprint density at radius 2 is 1.85 bits per heavy atom. The van der Waals surface area contributed by atoms with Crippen molar-refractivity contribution in [3.63, 3.8) is 0 Å². The summed E-state index contributed by atoms with van der Waals surface area (Å²) in [6.07, 6.45) is 0. The highest BCUT2D eigenvalue weighted by Gasteiger charge is 2.03. The molecule has 0 spiro atoms. The Morgan fingerprint density at radius 3 is 2.31 bits per heavy atom. The van der Waals surface area contributed by atoms with Crippen LogP contribution in [0.3, 0.4) is 0 Å². The minimum Gasteiger partial charge on any atom is -0.254 e. The lowest BCUT2D eigenvalue weighted by atomic mass is 10.2. The average molecular weight is 180 g/mol. The molecule has 0 aromatic carbocycles. The van der Waals surface area contributed by atoms with Crippen LogP contribution < -0.4 is 0 Å². The average Bonchev–Trinajstić information content (AvgIpc) is 2.15. The zero-order chi connectivity index (χ0) is 10.4. The first-order valence-corrected chi connectivity index (χ1v) is 4.19. The molecule has 0 saturated heterocycles. The van der Waals surface area contributed by atoms with Crippen molar-refractivity contribution >= 4 is 0 Å². The highest BCUT2D eigenvalue weighted by Crippen LogP contribution is 2.08. The van der Waals surface area contributed by atoms with Crippen LogP contribution in [0.1, 0.15) is 30.8 Å². The second-order valence-corrected chi connectivity index (χ2v) is 2.30. The Bertz CT molecular complexity index is 326. The molecule has 1 heterocycles. The summed E-state index contributed by atoms with van der Waals surface area (Å²) in [5.41, 5.74) is 1.21. The van der Waals surface area contributed by atoms with E-state index in [9.17, 15) is 4.39 Å². The Morgan fingerprint density at radius 1 is 1.31 bits per heavy atom. The van der Waals surface area contributed by atoms with Gasteiger partial charge in [-0.2, -0.15) is 5.26 Å². The van der Waals surface area contributed by atoms with Crippen LogP contribution in [0.15, 0.2) is 6.07 Å². The molecule has 0 amide bonds. The third-order valence-corrected chi connectivity index (χ3v) is 1.46. The van der Waals surface area contributed by atoms with E-state index >= 15 is 0 Å². The molecule has 0 unspecified atom stereocenters. The topological polar surface area (TPSA) is 36.7 Å². The van der Waals surface area contributed by atoms with E-state index in [1.54, 1.807) is 13.8 Å². The van der Waals surface area contributed by atoms with E-state index in [2.05, 4.69) is 4.98 Å². The van der Waals surface area contributed by atoms with Crippen LogP contribution in [-0.4, -0.2) is 4.98 Å². The summed E-state index contributed by atoms with van der Waals surface area (Å²) in [4.78, 5) is 3.85. The smallest absolute Gasteiger partial charge is 0.145 e. The lowest BCUT2D eigenvalue weighted by Crippen LogP contribution is -1.94. The van der Waals surface area contributed by atoms with E-state index in [0.29, 0.717) is 17.0 Å². The summed E-state index contributed by atoms with van der Waals surface area (Å²) in [6.45, 7) is 7.26. The molecule has 1 aromatic rings. The first-order chi connectivity index (χ1) is 6.15. The minimum atomic E-state index is -0.424. The van der Waals surface area contributed by atoms with Crippen LogP contribution in [0.2, 0.25) is 0 Å². The second-order valence-electron chi connectivity index (χ2n) is 2.30. The molecule has 1 rings (SSSR count). The molecule has 70 valence electrons. The van der Waals surface area contributed by atoms with Gasteiger partial charge in [0.1, 0.15) is 11.9 Å². The van der Waals surface area contributed by atoms with Crippen LogP contribution in [0.4, 0.5) is 4.39 Å². The summed E-state index contributed by atoms with van der Waals surface area (Å²) in [6, 6.07) is 3.07. The van der Waals surface area contributed by atoms with Crippen molar-refractivity contribution in [1.82, 2.24) is 4.98 Å². The molecule has 3 heteroatoms. The van der Waals surface area contributed by atoms with Gasteiger partial charge in [0.15, 0.2) is 0 Å². The molecule has 1 aromatic heterocycles. The number of nitriles is 1. The Hall–Kier alpha value is -1.43. The number of rotatable bonds is 0. The number of nitrogens with zero attached hydrogens (tertiary/aromatic N) is 2. The quantitative estimate of drug-likeness (QED) is 0.615. The van der Waals surface area contributed by atoms with Gasteiger partial charge < -0.3 is 0 Å². The Balaban J connectivity index is 0.000000671. The first-order valence-electron chi connectivity index (χ1n) is 4.19. The first kappa shape index (κ1) is 11.6. The standard InChI is InChI=1S/C8H7FN2.C2H6/c1-5-7(4-10)3-8(9)6(2)11-5;1-2/h3H,1-2H3;1-2H3. The van der Waals surface area contributed by atoms with Crippen LogP contribution in [0, 0.1) is 31.0 Å². The summed E-state index contributed by atoms with van der Waals surface area (Å²) in [5.74, 6) is -0.424. The fourth-order valence-corrected chi connectivity index (χ4v) is 0.814. The molecule has 0 aliphatic rings. The van der Waals surface area contributed by atoms with Crippen molar-refractivity contribution in [2.45, 2.75) is 27.7 Å². The van der Waals surface area contributed by atoms with Crippen molar-refractivity contribution in [3.05, 3.63) is 28.8 Å².